The van der Waals surface area contributed by atoms with Crippen molar-refractivity contribution in [3.8, 4) is 0 Å². The van der Waals surface area contributed by atoms with Gasteiger partial charge in [-0.1, -0.05) is 5.16 Å². The number of nitrogens with zero attached hydrogens (tertiary/aromatic N) is 2. The van der Waals surface area contributed by atoms with Crippen LogP contribution in [0.1, 0.15) is 45.4 Å². The van der Waals surface area contributed by atoms with Crippen molar-refractivity contribution in [2.24, 2.45) is 28.6 Å². The van der Waals surface area contributed by atoms with Crippen molar-refractivity contribution in [1.82, 2.24) is 10.2 Å². The van der Waals surface area contributed by atoms with E-state index in [2.05, 4.69) is 10.5 Å². The molecule has 0 heterocycles. The summed E-state index contributed by atoms with van der Waals surface area (Å²) in [6.07, 6.45) is 7.42. The molecule has 21 heavy (non-hydrogen) atoms. The minimum absolute atomic E-state index is 0.00900. The molecule has 4 aliphatic rings. The van der Waals surface area contributed by atoms with Crippen LogP contribution in [0.2, 0.25) is 0 Å². The number of amides is 2. The maximum atomic E-state index is 12.5. The van der Waals surface area contributed by atoms with Gasteiger partial charge in [0.25, 0.3) is 0 Å². The summed E-state index contributed by atoms with van der Waals surface area (Å²) < 4.78 is 0. The molecule has 6 nitrogen and oxygen atoms in total. The lowest BCUT2D eigenvalue weighted by Gasteiger charge is -2.57. The minimum Gasteiger partial charge on any atom is -0.409 e. The number of rotatable bonds is 3. The number of carbonyl (C=O) groups excluding carboxylic acids is 1. The van der Waals surface area contributed by atoms with Crippen LogP contribution in [0.3, 0.4) is 0 Å². The maximum absolute atomic E-state index is 12.5. The predicted molar refractivity (Wildman–Crippen MR) is 80.1 cm³/mol. The summed E-state index contributed by atoms with van der Waals surface area (Å²) in [5, 5.41) is 15.0. The highest BCUT2D eigenvalue weighted by atomic mass is 16.4. The van der Waals surface area contributed by atoms with E-state index in [4.69, 9.17) is 10.9 Å². The second kappa shape index (κ2) is 5.07. The average Bonchev–Trinajstić information content (AvgIpc) is 2.42. The van der Waals surface area contributed by atoms with E-state index in [1.165, 1.54) is 24.2 Å². The third kappa shape index (κ3) is 2.56. The van der Waals surface area contributed by atoms with E-state index in [9.17, 15) is 4.79 Å². The zero-order chi connectivity index (χ0) is 15.2. The lowest BCUT2D eigenvalue weighted by atomic mass is 9.53. The Labute approximate surface area is 125 Å². The van der Waals surface area contributed by atoms with Crippen molar-refractivity contribution in [3.63, 3.8) is 0 Å². The van der Waals surface area contributed by atoms with Crippen molar-refractivity contribution in [3.05, 3.63) is 0 Å². The highest BCUT2D eigenvalue weighted by Gasteiger charge is 2.51. The van der Waals surface area contributed by atoms with Gasteiger partial charge in [0, 0.05) is 12.6 Å². The van der Waals surface area contributed by atoms with Gasteiger partial charge in [0.05, 0.1) is 6.04 Å². The van der Waals surface area contributed by atoms with Gasteiger partial charge in [0.1, 0.15) is 0 Å². The van der Waals surface area contributed by atoms with Gasteiger partial charge in [-0.05, 0) is 63.2 Å². The smallest absolute Gasteiger partial charge is 0.318 e. The molecule has 0 aromatic rings. The van der Waals surface area contributed by atoms with Crippen LogP contribution in [0.4, 0.5) is 4.79 Å². The standard InChI is InChI=1S/C15H26N4O2/c1-9(13(16)18-21)19(2)14(20)17-15-6-10-3-11(7-15)5-12(4-10)8-15/h9-12,21H,3-8H2,1-2H3,(H2,16,18)(H,17,20). The van der Waals surface area contributed by atoms with Crippen LogP contribution in [0.25, 0.3) is 0 Å². The third-order valence-corrected chi connectivity index (χ3v) is 5.86. The Kier molecular flexibility index (Phi) is 3.50. The molecule has 0 aliphatic heterocycles. The summed E-state index contributed by atoms with van der Waals surface area (Å²) in [5.41, 5.74) is 5.59. The maximum Gasteiger partial charge on any atom is 0.318 e. The normalized spacial score (nSPS) is 39.1. The number of hydrogen-bond acceptors (Lipinski definition) is 3. The van der Waals surface area contributed by atoms with E-state index < -0.39 is 6.04 Å². The Morgan fingerprint density at radius 3 is 2.19 bits per heavy atom. The van der Waals surface area contributed by atoms with Crippen LogP contribution in [-0.4, -0.2) is 40.6 Å². The zero-order valence-electron chi connectivity index (χ0n) is 12.9. The first-order valence-electron chi connectivity index (χ1n) is 7.95. The molecule has 4 rings (SSSR count). The molecule has 4 bridgehead atoms. The predicted octanol–water partition coefficient (Wildman–Crippen LogP) is 1.73. The molecule has 0 radical (unpaired) electrons. The SMILES string of the molecule is CC(C(N)=NO)N(C)C(=O)NC12CC3CC(CC(C3)C1)C2. The molecule has 1 unspecified atom stereocenters. The monoisotopic (exact) mass is 294 g/mol. The van der Waals surface area contributed by atoms with Gasteiger partial charge in [0.2, 0.25) is 0 Å². The quantitative estimate of drug-likeness (QED) is 0.320. The molecular weight excluding hydrogens is 268 g/mol. The van der Waals surface area contributed by atoms with Gasteiger partial charge in [-0.2, -0.15) is 0 Å². The number of oxime groups is 1. The molecule has 1 atom stereocenters. The van der Waals surface area contributed by atoms with Crippen LogP contribution >= 0.6 is 0 Å². The lowest BCUT2D eigenvalue weighted by molar-refractivity contribution is -0.0154. The number of amidine groups is 1. The van der Waals surface area contributed by atoms with Gasteiger partial charge in [-0.3, -0.25) is 0 Å². The van der Waals surface area contributed by atoms with Gasteiger partial charge in [-0.25, -0.2) is 4.79 Å². The highest BCUT2D eigenvalue weighted by Crippen LogP contribution is 2.55. The van der Waals surface area contributed by atoms with E-state index >= 15 is 0 Å². The molecule has 0 spiro atoms. The topological polar surface area (TPSA) is 91.0 Å². The molecule has 2 amide bonds. The Hall–Kier alpha value is -1.46. The van der Waals surface area contributed by atoms with Crippen LogP contribution in [0, 0.1) is 17.8 Å². The van der Waals surface area contributed by atoms with Crippen molar-refractivity contribution in [1.29, 1.82) is 0 Å². The zero-order valence-corrected chi connectivity index (χ0v) is 12.9. The molecule has 0 saturated heterocycles. The first-order chi connectivity index (χ1) is 9.92. The fourth-order valence-corrected chi connectivity index (χ4v) is 5.04. The number of nitrogens with two attached hydrogens (primary N) is 1. The van der Waals surface area contributed by atoms with Crippen molar-refractivity contribution < 1.29 is 10.0 Å². The molecule has 0 aromatic heterocycles. The van der Waals surface area contributed by atoms with E-state index in [1.54, 1.807) is 14.0 Å². The molecule has 6 heteroatoms. The highest BCUT2D eigenvalue weighted by molar-refractivity contribution is 5.89. The summed E-state index contributed by atoms with van der Waals surface area (Å²) in [5.74, 6) is 2.44. The Morgan fingerprint density at radius 1 is 1.29 bits per heavy atom. The van der Waals surface area contributed by atoms with Crippen molar-refractivity contribution in [2.45, 2.75) is 57.0 Å². The van der Waals surface area contributed by atoms with Crippen LogP contribution in [-0.2, 0) is 0 Å². The summed E-state index contributed by atoms with van der Waals surface area (Å²) in [7, 11) is 1.69. The first-order valence-corrected chi connectivity index (χ1v) is 7.95. The molecule has 4 saturated carbocycles. The number of carbonyl (C=O) groups is 1. The van der Waals surface area contributed by atoms with Gasteiger partial charge in [-0.15, -0.1) is 0 Å². The Balaban J connectivity index is 1.67. The molecular formula is C15H26N4O2. The number of likely N-dealkylation sites (N-methyl/N-ethyl adjacent to an activating group) is 1. The first kappa shape index (κ1) is 14.5. The van der Waals surface area contributed by atoms with E-state index in [0.29, 0.717) is 0 Å². The molecule has 0 aromatic carbocycles. The number of urea groups is 1. The van der Waals surface area contributed by atoms with Crippen LogP contribution < -0.4 is 11.1 Å². The molecule has 4 N–H and O–H groups in total. The number of nitrogens with one attached hydrogen (secondary N) is 1. The summed E-state index contributed by atoms with van der Waals surface area (Å²) in [6.45, 7) is 1.76. The van der Waals surface area contributed by atoms with Gasteiger partial charge in [0.15, 0.2) is 5.84 Å². The number of hydrogen-bond donors (Lipinski definition) is 3. The molecule has 4 fully saturated rings. The van der Waals surface area contributed by atoms with Crippen molar-refractivity contribution >= 4 is 11.9 Å². The molecule has 4 aliphatic carbocycles. The average molecular weight is 294 g/mol. The second-order valence-corrected chi connectivity index (χ2v) is 7.44. The third-order valence-electron chi connectivity index (χ3n) is 5.86. The van der Waals surface area contributed by atoms with Crippen LogP contribution in [0.15, 0.2) is 5.16 Å². The Bertz CT molecular complexity index is 427. The fraction of sp³-hybridized carbons (Fsp3) is 0.867. The second-order valence-electron chi connectivity index (χ2n) is 7.44. The minimum atomic E-state index is -0.413. The fourth-order valence-electron chi connectivity index (χ4n) is 5.04. The van der Waals surface area contributed by atoms with Crippen LogP contribution in [0.5, 0.6) is 0 Å². The van der Waals surface area contributed by atoms with E-state index in [-0.39, 0.29) is 17.4 Å². The van der Waals surface area contributed by atoms with Gasteiger partial charge < -0.3 is 21.2 Å². The van der Waals surface area contributed by atoms with Gasteiger partial charge >= 0.3 is 6.03 Å². The molecule has 118 valence electrons. The van der Waals surface area contributed by atoms with E-state index in [1.807, 2.05) is 0 Å². The summed E-state index contributed by atoms with van der Waals surface area (Å²) in [4.78, 5) is 14.0. The largest absolute Gasteiger partial charge is 0.409 e. The van der Waals surface area contributed by atoms with Crippen molar-refractivity contribution in [2.75, 3.05) is 7.05 Å². The van der Waals surface area contributed by atoms with E-state index in [0.717, 1.165) is 37.0 Å². The summed E-state index contributed by atoms with van der Waals surface area (Å²) >= 11 is 0. The lowest BCUT2D eigenvalue weighted by Crippen LogP contribution is -2.62. The Morgan fingerprint density at radius 2 is 1.76 bits per heavy atom. The summed E-state index contributed by atoms with van der Waals surface area (Å²) in [6, 6.07) is -0.528.